The van der Waals surface area contributed by atoms with Crippen molar-refractivity contribution in [3.63, 3.8) is 0 Å². The first-order chi connectivity index (χ1) is 56.1. The Morgan fingerprint density at radius 3 is 1.11 bits per heavy atom. The van der Waals surface area contributed by atoms with Crippen LogP contribution in [0.5, 0.6) is 0 Å². The molecule has 0 aliphatic heterocycles. The number of rotatable bonds is 88. The number of nitrogens with one attached hydrogen (secondary N) is 5. The van der Waals surface area contributed by atoms with Gasteiger partial charge in [0.25, 0.3) is 0 Å². The van der Waals surface area contributed by atoms with E-state index >= 15 is 0 Å². The Kier molecular flexibility index (Phi) is 70.6. The van der Waals surface area contributed by atoms with Crippen molar-refractivity contribution < 1.29 is 135 Å². The number of amides is 5. The summed E-state index contributed by atoms with van der Waals surface area (Å²) in [7, 11) is 0. The van der Waals surface area contributed by atoms with Gasteiger partial charge in [-0.3, -0.25) is 67.1 Å². The minimum Gasteiger partial charge on any atom is -0.481 e. The van der Waals surface area contributed by atoms with Crippen LogP contribution in [-0.4, -0.2) is 252 Å². The van der Waals surface area contributed by atoms with Crippen LogP contribution in [0.25, 0.3) is 0 Å². The molecule has 4 atom stereocenters. The molecule has 0 aromatic heterocycles. The van der Waals surface area contributed by atoms with E-state index in [4.69, 9.17) is 53.8 Å². The molecule has 0 radical (unpaired) electrons. The zero-order chi connectivity index (χ0) is 86.8. The molecule has 117 heavy (non-hydrogen) atoms. The van der Waals surface area contributed by atoms with Crippen LogP contribution in [-0.2, 0) is 110 Å². The van der Waals surface area contributed by atoms with Crippen LogP contribution < -0.4 is 32.3 Å². The van der Waals surface area contributed by atoms with Crippen molar-refractivity contribution in [1.29, 1.82) is 0 Å². The summed E-state index contributed by atoms with van der Waals surface area (Å²) in [5.74, 6) is -8.79. The maximum atomic E-state index is 13.7. The van der Waals surface area contributed by atoms with Gasteiger partial charge in [-0.2, -0.15) is 0 Å². The number of nitrogens with two attached hydrogens (primary N) is 1. The third kappa shape index (κ3) is 72.6. The Morgan fingerprint density at radius 2 is 0.684 bits per heavy atom. The van der Waals surface area contributed by atoms with Crippen molar-refractivity contribution in [1.82, 2.24) is 26.6 Å². The number of Topliss-reactive ketones (excluding diaryl/α,β-unsaturated/α-hetero) is 6. The lowest BCUT2D eigenvalue weighted by atomic mass is 9.82. The summed E-state index contributed by atoms with van der Waals surface area (Å²) in [5.41, 5.74) is 4.92. The average Bonchev–Trinajstić information content (AvgIpc) is 0.866. The smallest absolute Gasteiger partial charge is 0.326 e. The molecule has 0 aromatic carbocycles. The average molecular weight is 1680 g/mol. The van der Waals surface area contributed by atoms with E-state index in [1.165, 1.54) is 6.92 Å². The molecule has 0 saturated carbocycles. The molecule has 0 rings (SSSR count). The molecule has 0 fully saturated rings. The summed E-state index contributed by atoms with van der Waals surface area (Å²) < 4.78 is 43.5. The summed E-state index contributed by atoms with van der Waals surface area (Å²) in [4.78, 5) is 183. The Bertz CT molecular complexity index is 2810. The minimum atomic E-state index is -1.19. The van der Waals surface area contributed by atoms with Crippen molar-refractivity contribution in [2.75, 3.05) is 132 Å². The molecule has 0 saturated heterocycles. The molecule has 5 amide bonds. The molecule has 0 aromatic rings. The summed E-state index contributed by atoms with van der Waals surface area (Å²) in [6.45, 7) is 7.13. The maximum Gasteiger partial charge on any atom is 0.326 e. The molecule has 0 aliphatic rings. The van der Waals surface area contributed by atoms with Gasteiger partial charge in [-0.1, -0.05) is 116 Å². The predicted octanol–water partition coefficient (Wildman–Crippen LogP) is 9.16. The summed E-state index contributed by atoms with van der Waals surface area (Å²) >= 11 is 0. The third-order valence-corrected chi connectivity index (χ3v) is 19.3. The van der Waals surface area contributed by atoms with Crippen molar-refractivity contribution in [2.45, 2.75) is 296 Å². The highest BCUT2D eigenvalue weighted by molar-refractivity contribution is 5.94. The number of hydrogen-bond donors (Lipinski definition) is 10. The number of aliphatic carboxylic acids is 4. The highest BCUT2D eigenvalue weighted by Crippen LogP contribution is 2.25. The number of ether oxygens (including phenoxy) is 8. The second-order valence-corrected chi connectivity index (χ2v) is 30.5. The molecule has 33 heteroatoms. The fraction of sp³-hybridized carbons (Fsp3) is 0.821. The van der Waals surface area contributed by atoms with Gasteiger partial charge < -0.3 is 90.6 Å². The van der Waals surface area contributed by atoms with Crippen molar-refractivity contribution in [3.8, 4) is 0 Å². The van der Waals surface area contributed by atoms with Crippen LogP contribution in [0.2, 0.25) is 0 Å². The van der Waals surface area contributed by atoms with Gasteiger partial charge in [-0.05, 0) is 97.8 Å². The zero-order valence-electron chi connectivity index (χ0n) is 70.7. The van der Waals surface area contributed by atoms with Gasteiger partial charge in [0.2, 0.25) is 29.5 Å². The normalized spacial score (nSPS) is 12.4. The summed E-state index contributed by atoms with van der Waals surface area (Å²) in [6, 6.07) is -1.15. The van der Waals surface area contributed by atoms with Crippen LogP contribution in [0, 0.1) is 17.8 Å². The van der Waals surface area contributed by atoms with Crippen LogP contribution in [0.1, 0.15) is 288 Å². The monoisotopic (exact) mass is 1680 g/mol. The molecule has 1 unspecified atom stereocenters. The zero-order valence-corrected chi connectivity index (χ0v) is 70.7. The number of hydrogen-bond acceptors (Lipinski definition) is 24. The predicted molar refractivity (Wildman–Crippen MR) is 441 cm³/mol. The lowest BCUT2D eigenvalue weighted by Gasteiger charge is -2.23. The van der Waals surface area contributed by atoms with E-state index in [0.29, 0.717) is 103 Å². The van der Waals surface area contributed by atoms with Gasteiger partial charge in [0.15, 0.2) is 11.6 Å². The summed E-state index contributed by atoms with van der Waals surface area (Å²) in [6.07, 6.45) is 24.0. The number of carboxylic acid groups (broad SMARTS) is 4. The SMILES string of the molecule is CC(=O)[C@H](CCCCNC(=O)COCCOCCCC(=O)COCCOCCNC(=O)CC[C@H](CC(=O)CCCCCCCCCCCCC(=O)O)C(=O)O)CC(=O)[C@H](CCCCNC(=O)COCCOCCNC(=O)COCCOCCCC(=O)CCC(NC(=O)CCCCCCCCCCCCC(=O)O)C(=O)O)CC(=O)C(C)(C)N.[HH].[HH].[HH]. The topological polar surface area (TPSA) is 497 Å². The molecular weight excluding hydrogens is 1520 g/mol. The van der Waals surface area contributed by atoms with E-state index in [-0.39, 0.29) is 258 Å². The Labute approximate surface area is 697 Å². The van der Waals surface area contributed by atoms with Crippen LogP contribution >= 0.6 is 0 Å². The molecule has 0 bridgehead atoms. The number of carbonyl (C=O) groups excluding carboxylic acids is 11. The first kappa shape index (κ1) is 110. The van der Waals surface area contributed by atoms with Crippen molar-refractivity contribution in [2.24, 2.45) is 23.5 Å². The standard InChI is InChI=1S/C84H146N6O27.3H2/c1-65(91)66(30-24-26-42-86-77(99)62-115-55-51-111-47-29-34-71(94)61-114-54-52-112-48-44-88-75(97)41-38-68(82(106)107)58-70(93)32-20-16-12-8-4-6-10-14-18-22-36-80(102)103)59-73(95)67(60-74(96)84(2,3)85)31-25-27-43-87-78(100)63-117-57-53-113-49-45-89-79(101)64-116-56-50-110-46-28-33-69(92)39-40-72(83(108)109)90-76(98)35-21-17-13-9-5-7-11-15-19-23-37-81(104)105;;;/h66-68,72H,4-64,85H2,1-3H3,(H,86,99)(H,87,100)(H,88,97)(H,89,101)(H,90,98)(H,102,103)(H,104,105)(H,106,107)(H,108,109);3*1H/t66-,67-,68-,72?;;;/m1.../s1. The molecule has 0 spiro atoms. The van der Waals surface area contributed by atoms with E-state index < -0.39 is 53.2 Å². The molecule has 0 aliphatic carbocycles. The van der Waals surface area contributed by atoms with Crippen molar-refractivity contribution >= 4 is 88.1 Å². The van der Waals surface area contributed by atoms with E-state index in [0.717, 1.165) is 103 Å². The van der Waals surface area contributed by atoms with Gasteiger partial charge in [0, 0.05) is 126 Å². The molecule has 33 nitrogen and oxygen atoms in total. The van der Waals surface area contributed by atoms with Crippen LogP contribution in [0.15, 0.2) is 0 Å². The second-order valence-electron chi connectivity index (χ2n) is 30.5. The lowest BCUT2D eigenvalue weighted by Crippen LogP contribution is -2.43. The fourth-order valence-corrected chi connectivity index (χ4v) is 12.3. The van der Waals surface area contributed by atoms with Gasteiger partial charge in [0.05, 0.1) is 77.5 Å². The number of ketones is 6. The Hall–Kier alpha value is -7.11. The number of unbranched alkanes of at least 4 members (excludes halogenated alkanes) is 20. The lowest BCUT2D eigenvalue weighted by molar-refractivity contribution is -0.144. The van der Waals surface area contributed by atoms with Crippen LogP contribution in [0.3, 0.4) is 0 Å². The first-order valence-corrected chi connectivity index (χ1v) is 42.9. The van der Waals surface area contributed by atoms with E-state index in [2.05, 4.69) is 26.6 Å². The number of carboxylic acids is 4. The van der Waals surface area contributed by atoms with Gasteiger partial charge in [0.1, 0.15) is 55.6 Å². The fourth-order valence-electron chi connectivity index (χ4n) is 12.3. The van der Waals surface area contributed by atoms with Gasteiger partial charge >= 0.3 is 23.9 Å². The van der Waals surface area contributed by atoms with E-state index in [1.54, 1.807) is 13.8 Å². The van der Waals surface area contributed by atoms with E-state index in [9.17, 15) is 82.1 Å². The Balaban J connectivity index is -0.0000224. The minimum absolute atomic E-state index is 0. The van der Waals surface area contributed by atoms with Gasteiger partial charge in [-0.25, -0.2) is 4.79 Å². The quantitative estimate of drug-likeness (QED) is 0.0254. The molecule has 11 N–H and O–H groups in total. The van der Waals surface area contributed by atoms with Gasteiger partial charge in [-0.15, -0.1) is 0 Å². The largest absolute Gasteiger partial charge is 0.481 e. The Morgan fingerprint density at radius 1 is 0.308 bits per heavy atom. The first-order valence-electron chi connectivity index (χ1n) is 42.9. The second kappa shape index (κ2) is 75.1. The molecule has 680 valence electrons. The van der Waals surface area contributed by atoms with Crippen molar-refractivity contribution in [3.05, 3.63) is 0 Å². The third-order valence-electron chi connectivity index (χ3n) is 19.3. The maximum absolute atomic E-state index is 13.7. The summed E-state index contributed by atoms with van der Waals surface area (Å²) in [5, 5.41) is 50.0. The van der Waals surface area contributed by atoms with Crippen LogP contribution in [0.4, 0.5) is 0 Å². The number of carbonyl (C=O) groups is 15. The molecular formula is C84H152N6O27. The highest BCUT2D eigenvalue weighted by atomic mass is 16.5. The highest BCUT2D eigenvalue weighted by Gasteiger charge is 2.31. The van der Waals surface area contributed by atoms with E-state index in [1.807, 2.05) is 0 Å². The molecule has 0 heterocycles.